The van der Waals surface area contributed by atoms with Gasteiger partial charge in [-0.1, -0.05) is 17.7 Å². The van der Waals surface area contributed by atoms with E-state index in [2.05, 4.69) is 10.4 Å². The molecule has 3 N–H and O–H groups in total. The summed E-state index contributed by atoms with van der Waals surface area (Å²) >= 11 is 6.19. The number of aromatic nitrogens is 2. The fourth-order valence-corrected chi connectivity index (χ4v) is 3.07. The van der Waals surface area contributed by atoms with Crippen LogP contribution in [0.1, 0.15) is 29.9 Å². The van der Waals surface area contributed by atoms with Gasteiger partial charge in [0.05, 0.1) is 27.7 Å². The smallest absolute Gasteiger partial charge is 0.281 e. The Morgan fingerprint density at radius 3 is 2.52 bits per heavy atom. The lowest BCUT2D eigenvalue weighted by atomic mass is 10.1. The zero-order valence-corrected chi connectivity index (χ0v) is 14.9. The third kappa shape index (κ3) is 3.10. The molecule has 1 unspecified atom stereocenters. The number of benzene rings is 2. The summed E-state index contributed by atoms with van der Waals surface area (Å²) in [7, 11) is 0. The Bertz CT molecular complexity index is 1010. The highest BCUT2D eigenvalue weighted by atomic mass is 35.5. The maximum Gasteiger partial charge on any atom is 0.281 e. The largest absolute Gasteiger partial charge is 0.322 e. The van der Waals surface area contributed by atoms with Crippen LogP contribution in [0, 0.1) is 19.7 Å². The van der Waals surface area contributed by atoms with Gasteiger partial charge in [0.15, 0.2) is 0 Å². The average Bonchev–Trinajstić information content (AvgIpc) is 2.51. The minimum atomic E-state index is -0.496. The molecule has 2 aromatic carbocycles. The van der Waals surface area contributed by atoms with E-state index in [4.69, 9.17) is 17.3 Å². The number of fused-ring (bicyclic) bond motifs is 1. The van der Waals surface area contributed by atoms with E-state index in [0.717, 1.165) is 0 Å². The highest BCUT2D eigenvalue weighted by Crippen LogP contribution is 2.24. The van der Waals surface area contributed by atoms with Crippen molar-refractivity contribution in [3.05, 3.63) is 68.5 Å². The molecule has 1 heterocycles. The summed E-state index contributed by atoms with van der Waals surface area (Å²) in [5.74, 6) is 0.0304. The Hall–Kier alpha value is -2.44. The molecule has 5 nitrogen and oxygen atoms in total. The molecule has 0 saturated heterocycles. The lowest BCUT2D eigenvalue weighted by Crippen LogP contribution is -2.34. The van der Waals surface area contributed by atoms with E-state index in [1.807, 2.05) is 0 Å². The molecule has 0 amide bonds. The van der Waals surface area contributed by atoms with Crippen molar-refractivity contribution >= 4 is 28.2 Å². The van der Waals surface area contributed by atoms with E-state index in [-0.39, 0.29) is 11.4 Å². The molecule has 25 heavy (non-hydrogen) atoms. The number of anilines is 1. The van der Waals surface area contributed by atoms with Crippen LogP contribution in [0.25, 0.3) is 10.9 Å². The lowest BCUT2D eigenvalue weighted by molar-refractivity contribution is 0.624. The van der Waals surface area contributed by atoms with Crippen molar-refractivity contribution in [2.24, 2.45) is 5.73 Å². The third-order valence-corrected chi connectivity index (χ3v) is 4.32. The monoisotopic (exact) mass is 360 g/mol. The lowest BCUT2D eigenvalue weighted by Gasteiger charge is -2.20. The van der Waals surface area contributed by atoms with Gasteiger partial charge in [-0.3, -0.25) is 10.2 Å². The van der Waals surface area contributed by atoms with E-state index in [1.165, 1.54) is 16.8 Å². The van der Waals surface area contributed by atoms with Crippen LogP contribution in [-0.4, -0.2) is 9.66 Å². The summed E-state index contributed by atoms with van der Waals surface area (Å²) in [5.41, 5.74) is 11.1. The van der Waals surface area contributed by atoms with E-state index in [0.29, 0.717) is 38.6 Å². The van der Waals surface area contributed by atoms with Crippen molar-refractivity contribution in [2.45, 2.75) is 26.8 Å². The maximum atomic E-state index is 13.5. The van der Waals surface area contributed by atoms with Gasteiger partial charge in [0.2, 0.25) is 0 Å². The Labute approximate surface area is 149 Å². The second-order valence-electron chi connectivity index (χ2n) is 6.06. The number of nitrogens with zero attached hydrogens (tertiary/aromatic N) is 2. The fraction of sp³-hybridized carbons (Fsp3) is 0.222. The van der Waals surface area contributed by atoms with Crippen molar-refractivity contribution in [1.29, 1.82) is 0 Å². The van der Waals surface area contributed by atoms with Crippen molar-refractivity contribution in [2.75, 3.05) is 5.43 Å². The molecule has 7 heteroatoms. The van der Waals surface area contributed by atoms with Gasteiger partial charge in [0, 0.05) is 0 Å². The third-order valence-electron chi connectivity index (χ3n) is 4.00. The minimum Gasteiger partial charge on any atom is -0.322 e. The first kappa shape index (κ1) is 17.4. The molecular formula is C18H18ClFN4O. The molecular weight excluding hydrogens is 343 g/mol. The number of rotatable bonds is 3. The molecule has 3 aromatic rings. The van der Waals surface area contributed by atoms with Gasteiger partial charge in [-0.25, -0.2) is 14.1 Å². The number of hydrogen-bond acceptors (Lipinski definition) is 4. The van der Waals surface area contributed by atoms with Gasteiger partial charge >= 0.3 is 0 Å². The minimum absolute atomic E-state index is 0.304. The average molecular weight is 361 g/mol. The summed E-state index contributed by atoms with van der Waals surface area (Å²) in [4.78, 5) is 17.5. The van der Waals surface area contributed by atoms with Gasteiger partial charge in [0.1, 0.15) is 11.6 Å². The zero-order valence-electron chi connectivity index (χ0n) is 14.1. The van der Waals surface area contributed by atoms with Crippen molar-refractivity contribution in [3.8, 4) is 0 Å². The second-order valence-corrected chi connectivity index (χ2v) is 6.47. The van der Waals surface area contributed by atoms with Crippen LogP contribution in [-0.2, 0) is 0 Å². The highest BCUT2D eigenvalue weighted by molar-refractivity contribution is 6.35. The number of hydrogen-bond donors (Lipinski definition) is 2. The number of aryl methyl sites for hydroxylation is 2. The molecule has 0 saturated carbocycles. The molecule has 1 atom stereocenters. The van der Waals surface area contributed by atoms with Gasteiger partial charge < -0.3 is 5.73 Å². The van der Waals surface area contributed by atoms with Gasteiger partial charge in [0.25, 0.3) is 5.56 Å². The predicted molar refractivity (Wildman–Crippen MR) is 98.5 cm³/mol. The summed E-state index contributed by atoms with van der Waals surface area (Å²) < 4.78 is 14.8. The van der Waals surface area contributed by atoms with Crippen LogP contribution in [0.4, 0.5) is 10.1 Å². The van der Waals surface area contributed by atoms with Crippen LogP contribution < -0.4 is 16.7 Å². The molecule has 0 spiro atoms. The summed E-state index contributed by atoms with van der Waals surface area (Å²) in [5, 5.41) is 0.618. The van der Waals surface area contributed by atoms with Gasteiger partial charge in [-0.2, -0.15) is 0 Å². The first-order valence-electron chi connectivity index (χ1n) is 7.80. The number of halogens is 2. The van der Waals surface area contributed by atoms with E-state index >= 15 is 0 Å². The first-order chi connectivity index (χ1) is 11.8. The van der Waals surface area contributed by atoms with E-state index in [9.17, 15) is 9.18 Å². The summed E-state index contributed by atoms with van der Waals surface area (Å²) in [6.07, 6.45) is 0. The molecule has 130 valence electrons. The molecule has 0 radical (unpaired) electrons. The second kappa shape index (κ2) is 6.46. The molecule has 0 aliphatic rings. The number of nitrogens with one attached hydrogen (secondary N) is 1. The predicted octanol–water partition coefficient (Wildman–Crippen LogP) is 3.70. The van der Waals surface area contributed by atoms with E-state index in [1.54, 1.807) is 39.0 Å². The maximum absolute atomic E-state index is 13.5. The van der Waals surface area contributed by atoms with E-state index < -0.39 is 6.04 Å². The molecule has 0 aliphatic carbocycles. The Morgan fingerprint density at radius 1 is 1.28 bits per heavy atom. The molecule has 0 bridgehead atoms. The topological polar surface area (TPSA) is 72.9 Å². The Kier molecular flexibility index (Phi) is 4.49. The van der Waals surface area contributed by atoms with Crippen molar-refractivity contribution in [1.82, 2.24) is 9.66 Å². The molecule has 3 rings (SSSR count). The summed E-state index contributed by atoms with van der Waals surface area (Å²) in [6, 6.07) is 7.38. The van der Waals surface area contributed by atoms with Crippen LogP contribution in [0.15, 0.2) is 35.1 Å². The van der Waals surface area contributed by atoms with Crippen molar-refractivity contribution in [3.63, 3.8) is 0 Å². The van der Waals surface area contributed by atoms with Crippen LogP contribution >= 0.6 is 11.6 Å². The molecule has 0 aliphatic heterocycles. The van der Waals surface area contributed by atoms with Gasteiger partial charge in [-0.15, -0.1) is 0 Å². The van der Waals surface area contributed by atoms with Crippen molar-refractivity contribution < 1.29 is 4.39 Å². The number of nitrogens with two attached hydrogens (primary N) is 1. The molecule has 1 aromatic heterocycles. The fourth-order valence-electron chi connectivity index (χ4n) is 2.82. The van der Waals surface area contributed by atoms with Crippen LogP contribution in [0.5, 0.6) is 0 Å². The zero-order chi connectivity index (χ0) is 18.3. The Balaban J connectivity index is 2.29. The van der Waals surface area contributed by atoms with Crippen LogP contribution in [0.3, 0.4) is 0 Å². The standard InChI is InChI=1S/C18H18ClFN4O/c1-9-7-12(20)8-10(2)16(9)23-24-17(11(3)21)22-14-6-4-5-13(19)15(14)18(24)25/h4-8,11,23H,21H2,1-3H3. The first-order valence-corrected chi connectivity index (χ1v) is 8.18. The Morgan fingerprint density at radius 2 is 1.92 bits per heavy atom. The van der Waals surface area contributed by atoms with Gasteiger partial charge in [-0.05, 0) is 56.2 Å². The van der Waals surface area contributed by atoms with Crippen LogP contribution in [0.2, 0.25) is 5.02 Å². The normalized spacial score (nSPS) is 12.4. The summed E-state index contributed by atoms with van der Waals surface area (Å²) in [6.45, 7) is 5.26. The highest BCUT2D eigenvalue weighted by Gasteiger charge is 2.17. The quantitative estimate of drug-likeness (QED) is 0.747. The molecule has 0 fully saturated rings. The SMILES string of the molecule is Cc1cc(F)cc(C)c1Nn1c(C(C)N)nc2cccc(Cl)c2c1=O.